The zero-order valence-corrected chi connectivity index (χ0v) is 64.2. The van der Waals surface area contributed by atoms with Crippen molar-refractivity contribution in [1.29, 1.82) is 0 Å². The number of rotatable bonds is 3. The molecule has 0 aliphatic heterocycles. The second kappa shape index (κ2) is 37.6. The quantitative estimate of drug-likeness (QED) is 0.247. The fraction of sp³-hybridized carbons (Fsp3) is 1.00. The van der Waals surface area contributed by atoms with Gasteiger partial charge in [0.05, 0.1) is 0 Å². The Morgan fingerprint density at radius 1 is 0.372 bits per heavy atom. The van der Waals surface area contributed by atoms with E-state index >= 15 is 0 Å². The fourth-order valence-electron chi connectivity index (χ4n) is 13.3. The van der Waals surface area contributed by atoms with Crippen LogP contribution in [0.1, 0.15) is 354 Å². The summed E-state index contributed by atoms with van der Waals surface area (Å²) >= 11 is 0. The van der Waals surface area contributed by atoms with E-state index in [0.29, 0.717) is 39.4 Å². The zero-order valence-electron chi connectivity index (χ0n) is 64.2. The van der Waals surface area contributed by atoms with Crippen molar-refractivity contribution in [3.63, 3.8) is 0 Å². The van der Waals surface area contributed by atoms with Crippen LogP contribution in [0.4, 0.5) is 79.0 Å². The van der Waals surface area contributed by atoms with Crippen LogP contribution in [0, 0.1) is 95.6 Å². The third-order valence-corrected chi connectivity index (χ3v) is 22.2. The monoisotopic (exact) mass is 1400 g/mol. The van der Waals surface area contributed by atoms with Gasteiger partial charge in [0, 0.05) is 0 Å². The molecule has 18 heteroatoms. The van der Waals surface area contributed by atoms with Gasteiger partial charge in [0.15, 0.2) is 16.2 Å². The van der Waals surface area contributed by atoms with Crippen LogP contribution in [-0.4, -0.2) is 37.1 Å². The maximum atomic E-state index is 13.0. The van der Waals surface area contributed by atoms with Crippen molar-refractivity contribution < 1.29 is 79.0 Å². The lowest BCUT2D eigenvalue weighted by atomic mass is 9.57. The standard InChI is InChI=1S/C14H20F6.C10H18.2C9H12F6.C9H20.2C7H16.C6H14.C5H12/c1-10-2-4-11(5-3-10)6-8-12(9-7-11,13(15,16)17)14(18,19)20;1-8-7-9-3-5-10(8,2)6-4-9;1-6-2-4-7(5-3-6,8(10,11)12)9(13,14)15;1-6-4-2-3-5-7(6,8(10,11)12)9(13,14)15;1-6-8(7-2)9(3,4)5;1-6(2)7(3,4)5;1-5-6-7(2,3)4;1-5-6(2,3)4;1-5(2,3)4/h10H,2-9H2,1H3;8-9H,3-7H2,1-2H3;2*6H,2-5H2,1H3;8H,6-7H2,1-5H3;6H,1-5H3;5-6H2,1-4H3;5H2,1-4H3;1-4H3/t;8-,9?,10?;;6-;;;;;/m.0.1...../s1. The lowest BCUT2D eigenvalue weighted by Crippen LogP contribution is -2.55. The van der Waals surface area contributed by atoms with Crippen molar-refractivity contribution >= 4 is 0 Å². The van der Waals surface area contributed by atoms with Crippen molar-refractivity contribution in [2.24, 2.45) is 95.6 Å². The molecule has 94 heavy (non-hydrogen) atoms. The van der Waals surface area contributed by atoms with Crippen LogP contribution < -0.4 is 0 Å². The normalized spacial score (nSPS) is 24.4. The average Bonchev–Trinajstić information content (AvgIpc) is 0.755. The van der Waals surface area contributed by atoms with E-state index in [0.717, 1.165) is 61.7 Å². The molecular formula is C76H140F18. The van der Waals surface area contributed by atoms with E-state index < -0.39 is 91.3 Å². The second-order valence-electron chi connectivity index (χ2n) is 36.5. The molecule has 7 aliphatic rings. The van der Waals surface area contributed by atoms with E-state index in [4.69, 9.17) is 0 Å². The molecule has 0 amide bonds. The molecule has 7 rings (SSSR count). The Morgan fingerprint density at radius 2 is 0.691 bits per heavy atom. The van der Waals surface area contributed by atoms with Gasteiger partial charge in [-0.2, -0.15) is 79.0 Å². The number of alkyl halides is 18. The molecule has 0 N–H and O–H groups in total. The lowest BCUT2D eigenvalue weighted by Gasteiger charge is -2.49. The van der Waals surface area contributed by atoms with Crippen molar-refractivity contribution in [2.75, 3.05) is 0 Å². The summed E-state index contributed by atoms with van der Waals surface area (Å²) in [5.41, 5.74) is -7.35. The van der Waals surface area contributed by atoms with E-state index in [1.807, 2.05) is 0 Å². The molecule has 0 heterocycles. The minimum atomic E-state index is -5.20. The van der Waals surface area contributed by atoms with Gasteiger partial charge in [0.25, 0.3) is 0 Å². The molecule has 570 valence electrons. The van der Waals surface area contributed by atoms with E-state index in [-0.39, 0.29) is 49.9 Å². The molecule has 7 saturated carbocycles. The van der Waals surface area contributed by atoms with E-state index in [2.05, 4.69) is 173 Å². The summed E-state index contributed by atoms with van der Waals surface area (Å²) in [5.74, 6) is 2.92. The predicted molar refractivity (Wildman–Crippen MR) is 358 cm³/mol. The summed E-state index contributed by atoms with van der Waals surface area (Å²) in [6, 6.07) is 0. The maximum Gasteiger partial charge on any atom is 0.403 e. The van der Waals surface area contributed by atoms with Gasteiger partial charge < -0.3 is 0 Å². The highest BCUT2D eigenvalue weighted by atomic mass is 19.4. The predicted octanol–water partition coefficient (Wildman–Crippen LogP) is 31.2. The van der Waals surface area contributed by atoms with Crippen molar-refractivity contribution in [3.05, 3.63) is 0 Å². The highest BCUT2D eigenvalue weighted by Gasteiger charge is 2.74. The topological polar surface area (TPSA) is 0 Å². The zero-order chi connectivity index (χ0) is 75.4. The molecule has 0 unspecified atom stereocenters. The van der Waals surface area contributed by atoms with Crippen LogP contribution in [0.5, 0.6) is 0 Å². The van der Waals surface area contributed by atoms with Gasteiger partial charge in [-0.15, -0.1) is 0 Å². The van der Waals surface area contributed by atoms with Crippen LogP contribution in [-0.2, 0) is 0 Å². The summed E-state index contributed by atoms with van der Waals surface area (Å²) in [5, 5.41) is 0. The molecule has 7 aliphatic carbocycles. The van der Waals surface area contributed by atoms with Gasteiger partial charge in [-0.1, -0.05) is 238 Å². The van der Waals surface area contributed by atoms with E-state index in [1.54, 1.807) is 6.92 Å². The van der Waals surface area contributed by atoms with Crippen LogP contribution in [0.15, 0.2) is 0 Å². The van der Waals surface area contributed by atoms with Gasteiger partial charge >= 0.3 is 37.1 Å². The molecular weight excluding hydrogens is 1250 g/mol. The first-order valence-electron chi connectivity index (χ1n) is 35.9. The molecule has 7 fully saturated rings. The summed E-state index contributed by atoms with van der Waals surface area (Å²) < 4.78 is 229. The molecule has 2 bridgehead atoms. The third-order valence-electron chi connectivity index (χ3n) is 22.2. The molecule has 1 spiro atoms. The highest BCUT2D eigenvalue weighted by Crippen LogP contribution is 2.65. The van der Waals surface area contributed by atoms with Crippen LogP contribution in [0.25, 0.3) is 0 Å². The minimum absolute atomic E-state index is 0.0106. The van der Waals surface area contributed by atoms with Gasteiger partial charge in [0.1, 0.15) is 0 Å². The molecule has 0 aromatic rings. The third kappa shape index (κ3) is 32.6. The summed E-state index contributed by atoms with van der Waals surface area (Å²) in [4.78, 5) is 0. The molecule has 0 nitrogen and oxygen atoms in total. The van der Waals surface area contributed by atoms with Gasteiger partial charge in [-0.3, -0.25) is 0 Å². The molecule has 0 aromatic heterocycles. The Hall–Kier alpha value is -1.26. The summed E-state index contributed by atoms with van der Waals surface area (Å²) in [6.07, 6.45) is -17.2. The summed E-state index contributed by atoms with van der Waals surface area (Å²) in [7, 11) is 0. The van der Waals surface area contributed by atoms with Crippen LogP contribution >= 0.6 is 0 Å². The van der Waals surface area contributed by atoms with Crippen molar-refractivity contribution in [2.45, 2.75) is 391 Å². The summed E-state index contributed by atoms with van der Waals surface area (Å²) in [6.45, 7) is 59.3. The lowest BCUT2D eigenvalue weighted by molar-refractivity contribution is -0.364. The SMILES string of the molecule is CC(C)(C)C.CC(C)C(C)(C)C.CC1CCC(C(F)(F)F)(C(F)(F)F)CC1.CC1CCC2(CC1)CCC(C(F)(F)F)(C(F)(F)F)CC2.CCC(C)(C)C.CCC(CC)C(C)(C)C.CCCC(C)(C)C.C[C@@H]1CCCCC1(C(F)(F)F)C(F)(F)F.C[C@H]1CC2CCC1(C)CC2. The largest absolute Gasteiger partial charge is 0.403 e. The number of hydrogen-bond acceptors (Lipinski definition) is 0. The first-order valence-corrected chi connectivity index (χ1v) is 35.9. The first-order chi connectivity index (χ1) is 41.5. The smallest absolute Gasteiger partial charge is 0.170 e. The molecule has 0 aromatic carbocycles. The van der Waals surface area contributed by atoms with Crippen molar-refractivity contribution in [3.8, 4) is 0 Å². The van der Waals surface area contributed by atoms with Crippen LogP contribution in [0.2, 0.25) is 0 Å². The number of hydrogen-bond donors (Lipinski definition) is 0. The van der Waals surface area contributed by atoms with Gasteiger partial charge in [-0.05, 0) is 195 Å². The van der Waals surface area contributed by atoms with Gasteiger partial charge in [-0.25, -0.2) is 0 Å². The van der Waals surface area contributed by atoms with E-state index in [9.17, 15) is 79.0 Å². The Balaban J connectivity index is -0.00000103. The Morgan fingerprint density at radius 3 is 0.872 bits per heavy atom. The number of fused-ring (bicyclic) bond motifs is 3. The Kier molecular flexibility index (Phi) is 38.8. The molecule has 2 atom stereocenters. The first kappa shape index (κ1) is 96.9. The van der Waals surface area contributed by atoms with Crippen molar-refractivity contribution in [1.82, 2.24) is 0 Å². The Labute approximate surface area is 563 Å². The van der Waals surface area contributed by atoms with Gasteiger partial charge in [0.2, 0.25) is 0 Å². The average molecular weight is 1400 g/mol. The Bertz CT molecular complexity index is 1910. The second-order valence-corrected chi connectivity index (χ2v) is 36.5. The molecule has 0 radical (unpaired) electrons. The minimum Gasteiger partial charge on any atom is -0.170 e. The highest BCUT2D eigenvalue weighted by molar-refractivity contribution is 5.02. The van der Waals surface area contributed by atoms with Crippen LogP contribution in [0.3, 0.4) is 0 Å². The maximum absolute atomic E-state index is 13.0. The molecule has 0 saturated heterocycles. The number of halogens is 18. The fourth-order valence-corrected chi connectivity index (χ4v) is 13.3. The van der Waals surface area contributed by atoms with E-state index in [1.165, 1.54) is 64.2 Å².